The summed E-state index contributed by atoms with van der Waals surface area (Å²) in [7, 11) is -2.79. The third-order valence-electron chi connectivity index (χ3n) is 3.59. The molecule has 0 aliphatic carbocycles. The predicted molar refractivity (Wildman–Crippen MR) is 104 cm³/mol. The van der Waals surface area contributed by atoms with Crippen LogP contribution in [0.4, 0.5) is 20.3 Å². The monoisotopic (exact) mass is 460 g/mol. The van der Waals surface area contributed by atoms with Crippen LogP contribution in [0.15, 0.2) is 34.9 Å². The number of pyridine rings is 1. The number of alkyl halides is 2. The van der Waals surface area contributed by atoms with E-state index in [2.05, 4.69) is 36.2 Å². The van der Waals surface area contributed by atoms with Gasteiger partial charge in [-0.15, -0.1) is 0 Å². The number of halogens is 4. The molecule has 1 N–H and O–H groups in total. The Morgan fingerprint density at radius 3 is 2.58 bits per heavy atom. The predicted octanol–water partition coefficient (Wildman–Crippen LogP) is 5.37. The lowest BCUT2D eigenvalue weighted by Crippen LogP contribution is -2.13. The molecule has 0 unspecified atom stereocenters. The van der Waals surface area contributed by atoms with Crippen molar-refractivity contribution < 1.29 is 13.3 Å². The number of hydrogen-bond acceptors (Lipinski definition) is 5. The summed E-state index contributed by atoms with van der Waals surface area (Å²) in [6.45, 7) is 3.21. The second-order valence-corrected chi connectivity index (χ2v) is 10.2. The third kappa shape index (κ3) is 3.87. The minimum Gasteiger partial charge on any atom is -0.339 e. The zero-order valence-electron chi connectivity index (χ0n) is 13.7. The fourth-order valence-electron chi connectivity index (χ4n) is 2.57. The van der Waals surface area contributed by atoms with Gasteiger partial charge in [0.05, 0.1) is 15.7 Å². The van der Waals surface area contributed by atoms with E-state index in [1.807, 2.05) is 0 Å². The van der Waals surface area contributed by atoms with Crippen molar-refractivity contribution in [3.8, 4) is 0 Å². The van der Waals surface area contributed by atoms with Crippen LogP contribution in [-0.4, -0.2) is 28.3 Å². The molecule has 0 aliphatic rings. The van der Waals surface area contributed by atoms with E-state index in [0.717, 1.165) is 0 Å². The molecule has 0 fully saturated rings. The van der Waals surface area contributed by atoms with Crippen molar-refractivity contribution in [1.82, 2.24) is 15.0 Å². The zero-order valence-corrected chi connectivity index (χ0v) is 16.9. The number of nitrogens with zero attached hydrogens (tertiary/aromatic N) is 3. The Hall–Kier alpha value is -1.63. The Bertz CT molecular complexity index is 1040. The molecule has 3 rings (SSSR count). The minimum absolute atomic E-state index is 0.0532. The van der Waals surface area contributed by atoms with E-state index in [-0.39, 0.29) is 11.0 Å². The van der Waals surface area contributed by atoms with Crippen molar-refractivity contribution in [1.29, 1.82) is 0 Å². The lowest BCUT2D eigenvalue weighted by molar-refractivity contribution is 0.146. The van der Waals surface area contributed by atoms with Gasteiger partial charge in [0.2, 0.25) is 5.28 Å². The highest BCUT2D eigenvalue weighted by Crippen LogP contribution is 2.42. The number of benzene rings is 1. The molecule has 0 saturated carbocycles. The van der Waals surface area contributed by atoms with Crippen LogP contribution in [-0.2, 0) is 4.57 Å². The van der Waals surface area contributed by atoms with Crippen LogP contribution >= 0.6 is 34.7 Å². The van der Waals surface area contributed by atoms with Crippen molar-refractivity contribution >= 4 is 62.4 Å². The van der Waals surface area contributed by atoms with E-state index in [9.17, 15) is 13.3 Å². The second kappa shape index (κ2) is 7.18. The average Bonchev–Trinajstić information content (AvgIpc) is 2.56. The van der Waals surface area contributed by atoms with Gasteiger partial charge in [0.1, 0.15) is 18.7 Å². The minimum atomic E-state index is -2.79. The zero-order chi connectivity index (χ0) is 19.1. The van der Waals surface area contributed by atoms with Crippen molar-refractivity contribution in [2.45, 2.75) is 6.43 Å². The maximum atomic E-state index is 12.9. The molecule has 5 nitrogen and oxygen atoms in total. The molecule has 3 aromatic rings. The lowest BCUT2D eigenvalue weighted by Gasteiger charge is -2.18. The molecule has 136 valence electrons. The molecule has 0 radical (unpaired) electrons. The summed E-state index contributed by atoms with van der Waals surface area (Å²) in [6.07, 6.45) is -1.18. The van der Waals surface area contributed by atoms with Gasteiger partial charge < -0.3 is 9.88 Å². The number of fused-ring (bicyclic) bond motifs is 1. The van der Waals surface area contributed by atoms with E-state index in [1.165, 1.54) is 18.3 Å². The topological polar surface area (TPSA) is 67.8 Å². The first-order valence-electron chi connectivity index (χ1n) is 7.39. The van der Waals surface area contributed by atoms with E-state index >= 15 is 0 Å². The fraction of sp³-hybridized carbons (Fsp3) is 0.188. The molecule has 10 heteroatoms. The summed E-state index contributed by atoms with van der Waals surface area (Å²) < 4.78 is 39.3. The second-order valence-electron chi connectivity index (χ2n) is 5.88. The Kier molecular flexibility index (Phi) is 5.28. The van der Waals surface area contributed by atoms with E-state index in [1.54, 1.807) is 25.5 Å². The van der Waals surface area contributed by atoms with E-state index < -0.39 is 13.6 Å². The third-order valence-corrected chi connectivity index (χ3v) is 5.92. The van der Waals surface area contributed by atoms with Gasteiger partial charge in [0.25, 0.3) is 6.43 Å². The highest BCUT2D eigenvalue weighted by atomic mass is 79.9. The van der Waals surface area contributed by atoms with Crippen LogP contribution in [0.2, 0.25) is 5.28 Å². The number of nitrogens with one attached hydrogen (secondary N) is 1. The molecule has 1 aromatic carbocycles. The Morgan fingerprint density at radius 1 is 1.19 bits per heavy atom. The standard InChI is InChI=1S/C16H13BrClF2N4OP/c1-26(2,25)13-8-3-4-12(14(19)20)22-10(8)5-6-11(13)23-15-9(17)7-21-16(18)24-15/h3-7,14H,1-2H3,(H,21,23,24). The van der Waals surface area contributed by atoms with Gasteiger partial charge in [0, 0.05) is 16.9 Å². The number of aromatic nitrogens is 3. The smallest absolute Gasteiger partial charge is 0.280 e. The van der Waals surface area contributed by atoms with Crippen molar-refractivity contribution in [2.75, 3.05) is 18.6 Å². The highest BCUT2D eigenvalue weighted by molar-refractivity contribution is 9.10. The van der Waals surface area contributed by atoms with Crippen molar-refractivity contribution in [2.24, 2.45) is 0 Å². The molecule has 0 spiro atoms. The number of hydrogen-bond donors (Lipinski definition) is 1. The quantitative estimate of drug-likeness (QED) is 0.418. The molecule has 0 atom stereocenters. The molecular formula is C16H13BrClF2N4OP. The molecule has 2 heterocycles. The van der Waals surface area contributed by atoms with Gasteiger partial charge in [0.15, 0.2) is 0 Å². The van der Waals surface area contributed by atoms with Crippen LogP contribution < -0.4 is 10.6 Å². The largest absolute Gasteiger partial charge is 0.339 e. The molecule has 0 aliphatic heterocycles. The maximum absolute atomic E-state index is 12.9. The Balaban J connectivity index is 2.20. The Morgan fingerprint density at radius 2 is 1.92 bits per heavy atom. The van der Waals surface area contributed by atoms with Gasteiger partial charge >= 0.3 is 0 Å². The average molecular weight is 462 g/mol. The highest BCUT2D eigenvalue weighted by Gasteiger charge is 2.22. The molecule has 0 amide bonds. The first-order chi connectivity index (χ1) is 12.2. The van der Waals surface area contributed by atoms with Gasteiger partial charge in [-0.2, -0.15) is 4.98 Å². The molecule has 2 aromatic heterocycles. The van der Waals surface area contributed by atoms with Gasteiger partial charge in [-0.05, 0) is 65.1 Å². The number of anilines is 2. The maximum Gasteiger partial charge on any atom is 0.280 e. The Labute approximate surface area is 161 Å². The lowest BCUT2D eigenvalue weighted by atomic mass is 10.1. The van der Waals surface area contributed by atoms with Gasteiger partial charge in [-0.25, -0.2) is 18.7 Å². The summed E-state index contributed by atoms with van der Waals surface area (Å²) >= 11 is 9.16. The van der Waals surface area contributed by atoms with Crippen LogP contribution in [0.1, 0.15) is 12.1 Å². The first kappa shape index (κ1) is 19.1. The summed E-state index contributed by atoms with van der Waals surface area (Å²) in [5, 5.41) is 4.19. The van der Waals surface area contributed by atoms with Gasteiger partial charge in [-0.3, -0.25) is 0 Å². The molecule has 0 saturated heterocycles. The van der Waals surface area contributed by atoms with Crippen LogP contribution in [0, 0.1) is 0 Å². The van der Waals surface area contributed by atoms with Crippen LogP contribution in [0.25, 0.3) is 10.9 Å². The van der Waals surface area contributed by atoms with Crippen molar-refractivity contribution in [3.05, 3.63) is 45.9 Å². The SMILES string of the molecule is CP(C)(=O)c1c(Nc2nc(Cl)ncc2Br)ccc2nc(C(F)F)ccc12. The molecular weight excluding hydrogens is 449 g/mol. The summed E-state index contributed by atoms with van der Waals surface area (Å²) in [5.74, 6) is 0.399. The molecule has 0 bridgehead atoms. The first-order valence-corrected chi connectivity index (χ1v) is 11.2. The normalized spacial score (nSPS) is 12.0. The van der Waals surface area contributed by atoms with Gasteiger partial charge in [-0.1, -0.05) is 0 Å². The van der Waals surface area contributed by atoms with Crippen LogP contribution in [0.5, 0.6) is 0 Å². The fourth-order valence-corrected chi connectivity index (χ4v) is 4.47. The van der Waals surface area contributed by atoms with E-state index in [0.29, 0.717) is 32.2 Å². The van der Waals surface area contributed by atoms with Crippen molar-refractivity contribution in [3.63, 3.8) is 0 Å². The molecule has 26 heavy (non-hydrogen) atoms. The number of rotatable bonds is 4. The summed E-state index contributed by atoms with van der Waals surface area (Å²) in [4.78, 5) is 11.9. The van der Waals surface area contributed by atoms with E-state index in [4.69, 9.17) is 11.6 Å². The summed E-state index contributed by atoms with van der Waals surface area (Å²) in [6, 6.07) is 6.00. The summed E-state index contributed by atoms with van der Waals surface area (Å²) in [5.41, 5.74) is 0.566. The van der Waals surface area contributed by atoms with Crippen LogP contribution in [0.3, 0.4) is 0 Å².